The first-order valence-electron chi connectivity index (χ1n) is 4.90. The first-order valence-corrected chi connectivity index (χ1v) is 4.90. The zero-order valence-corrected chi connectivity index (χ0v) is 8.60. The number of terminal acetylenes is 1. The van der Waals surface area contributed by atoms with Crippen molar-refractivity contribution in [3.8, 4) is 12.3 Å². The maximum absolute atomic E-state index is 11.1. The summed E-state index contributed by atoms with van der Waals surface area (Å²) in [4.78, 5) is 11.1. The van der Waals surface area contributed by atoms with Crippen molar-refractivity contribution in [2.45, 2.75) is 39.5 Å². The van der Waals surface area contributed by atoms with Gasteiger partial charge in [0.2, 0.25) is 5.91 Å². The van der Waals surface area contributed by atoms with Crippen molar-refractivity contribution in [1.29, 1.82) is 0 Å². The molecule has 0 saturated carbocycles. The Labute approximate surface area is 81.1 Å². The fourth-order valence-corrected chi connectivity index (χ4v) is 1.05. The van der Waals surface area contributed by atoms with Crippen LogP contribution in [0.3, 0.4) is 0 Å². The molecule has 0 aromatic heterocycles. The fraction of sp³-hybridized carbons (Fsp3) is 0.727. The van der Waals surface area contributed by atoms with Gasteiger partial charge in [0.05, 0.1) is 6.54 Å². The molecular weight excluding hydrogens is 162 g/mol. The topological polar surface area (TPSA) is 29.1 Å². The maximum Gasteiger partial charge on any atom is 0.220 e. The van der Waals surface area contributed by atoms with Crippen LogP contribution in [0.2, 0.25) is 0 Å². The molecule has 2 heteroatoms. The third-order valence-corrected chi connectivity index (χ3v) is 2.19. The Morgan fingerprint density at radius 3 is 2.85 bits per heavy atom. The number of rotatable bonds is 6. The van der Waals surface area contributed by atoms with Gasteiger partial charge in [0.25, 0.3) is 0 Å². The lowest BCUT2D eigenvalue weighted by Crippen LogP contribution is -2.23. The molecule has 0 heterocycles. The fourth-order valence-electron chi connectivity index (χ4n) is 1.05. The Balaban J connectivity index is 3.32. The molecule has 0 aromatic rings. The molecule has 0 saturated heterocycles. The van der Waals surface area contributed by atoms with E-state index >= 15 is 0 Å². The van der Waals surface area contributed by atoms with Gasteiger partial charge in [0.15, 0.2) is 0 Å². The van der Waals surface area contributed by atoms with Crippen LogP contribution in [0.4, 0.5) is 0 Å². The minimum absolute atomic E-state index is 0.0706. The van der Waals surface area contributed by atoms with Gasteiger partial charge >= 0.3 is 0 Å². The second kappa shape index (κ2) is 7.67. The summed E-state index contributed by atoms with van der Waals surface area (Å²) in [5.74, 6) is 3.17. The summed E-state index contributed by atoms with van der Waals surface area (Å²) < 4.78 is 0. The molecule has 0 radical (unpaired) electrons. The number of nitrogens with one attached hydrogen (secondary N) is 1. The highest BCUT2D eigenvalue weighted by Crippen LogP contribution is 2.10. The molecule has 0 aliphatic carbocycles. The van der Waals surface area contributed by atoms with Crippen molar-refractivity contribution in [2.24, 2.45) is 5.92 Å². The van der Waals surface area contributed by atoms with Gasteiger partial charge in [-0.2, -0.15) is 0 Å². The van der Waals surface area contributed by atoms with Crippen LogP contribution in [0.15, 0.2) is 0 Å². The molecule has 0 aliphatic rings. The van der Waals surface area contributed by atoms with Gasteiger partial charge in [-0.05, 0) is 12.3 Å². The van der Waals surface area contributed by atoms with Gasteiger partial charge in [0, 0.05) is 6.42 Å². The molecule has 2 nitrogen and oxygen atoms in total. The summed E-state index contributed by atoms with van der Waals surface area (Å²) in [5, 5.41) is 2.65. The third kappa shape index (κ3) is 7.39. The Bertz CT molecular complexity index is 181. The van der Waals surface area contributed by atoms with E-state index in [1.54, 1.807) is 0 Å². The van der Waals surface area contributed by atoms with Crippen LogP contribution in [0.1, 0.15) is 39.5 Å². The minimum Gasteiger partial charge on any atom is -0.345 e. The lowest BCUT2D eigenvalue weighted by atomic mass is 10.0. The van der Waals surface area contributed by atoms with E-state index in [1.165, 1.54) is 6.42 Å². The van der Waals surface area contributed by atoms with Crippen molar-refractivity contribution in [1.82, 2.24) is 5.32 Å². The van der Waals surface area contributed by atoms with Crippen molar-refractivity contribution in [3.63, 3.8) is 0 Å². The average Bonchev–Trinajstić information content (AvgIpc) is 2.14. The van der Waals surface area contributed by atoms with Gasteiger partial charge in [-0.1, -0.05) is 32.6 Å². The number of hydrogen-bond acceptors (Lipinski definition) is 1. The zero-order valence-electron chi connectivity index (χ0n) is 8.60. The monoisotopic (exact) mass is 181 g/mol. The van der Waals surface area contributed by atoms with Crippen LogP contribution in [0, 0.1) is 18.3 Å². The summed E-state index contributed by atoms with van der Waals surface area (Å²) in [6, 6.07) is 0. The Kier molecular flexibility index (Phi) is 7.10. The second-order valence-electron chi connectivity index (χ2n) is 3.39. The van der Waals surface area contributed by atoms with Crippen LogP contribution >= 0.6 is 0 Å². The summed E-state index contributed by atoms with van der Waals surface area (Å²) >= 11 is 0. The van der Waals surface area contributed by atoms with E-state index in [4.69, 9.17) is 6.42 Å². The van der Waals surface area contributed by atoms with Gasteiger partial charge in [-0.15, -0.1) is 6.42 Å². The number of amides is 1. The van der Waals surface area contributed by atoms with Gasteiger partial charge in [-0.3, -0.25) is 4.79 Å². The molecule has 1 atom stereocenters. The molecule has 1 amide bonds. The molecule has 0 unspecified atom stereocenters. The largest absolute Gasteiger partial charge is 0.345 e. The minimum atomic E-state index is 0.0706. The smallest absolute Gasteiger partial charge is 0.220 e. The summed E-state index contributed by atoms with van der Waals surface area (Å²) in [5.41, 5.74) is 0. The second-order valence-corrected chi connectivity index (χ2v) is 3.39. The average molecular weight is 181 g/mol. The quantitative estimate of drug-likeness (QED) is 0.623. The molecule has 0 aromatic carbocycles. The molecule has 0 fully saturated rings. The van der Waals surface area contributed by atoms with Crippen molar-refractivity contribution in [3.05, 3.63) is 0 Å². The predicted molar refractivity (Wildman–Crippen MR) is 55.1 cm³/mol. The van der Waals surface area contributed by atoms with Crippen LogP contribution < -0.4 is 5.32 Å². The predicted octanol–water partition coefficient (Wildman–Crippen LogP) is 1.95. The molecule has 0 spiro atoms. The number of carbonyl (C=O) groups is 1. The van der Waals surface area contributed by atoms with E-state index in [0.29, 0.717) is 13.0 Å². The summed E-state index contributed by atoms with van der Waals surface area (Å²) in [7, 11) is 0. The van der Waals surface area contributed by atoms with Crippen molar-refractivity contribution in [2.75, 3.05) is 6.54 Å². The molecule has 13 heavy (non-hydrogen) atoms. The standard InChI is InChI=1S/C11H19NO/c1-4-9-12-11(13)8-6-7-10(3)5-2/h1,10H,5-9H2,2-3H3,(H,12,13)/t10-/m0/s1. The van der Waals surface area contributed by atoms with Crippen LogP contribution in [0.25, 0.3) is 0 Å². The Hall–Kier alpha value is -0.970. The lowest BCUT2D eigenvalue weighted by molar-refractivity contribution is -0.120. The highest BCUT2D eigenvalue weighted by molar-refractivity contribution is 5.76. The van der Waals surface area contributed by atoms with Crippen LogP contribution in [0.5, 0.6) is 0 Å². The third-order valence-electron chi connectivity index (χ3n) is 2.19. The van der Waals surface area contributed by atoms with Crippen LogP contribution in [-0.4, -0.2) is 12.5 Å². The normalized spacial score (nSPS) is 11.8. The highest BCUT2D eigenvalue weighted by atomic mass is 16.1. The van der Waals surface area contributed by atoms with E-state index in [1.807, 2.05) is 0 Å². The molecule has 1 N–H and O–H groups in total. The van der Waals surface area contributed by atoms with Gasteiger partial charge in [0.1, 0.15) is 0 Å². The highest BCUT2D eigenvalue weighted by Gasteiger charge is 2.02. The SMILES string of the molecule is C#CCNC(=O)CCC[C@@H](C)CC. The van der Waals surface area contributed by atoms with Gasteiger partial charge < -0.3 is 5.32 Å². The van der Waals surface area contributed by atoms with E-state index in [2.05, 4.69) is 25.1 Å². The van der Waals surface area contributed by atoms with E-state index in [9.17, 15) is 4.79 Å². The van der Waals surface area contributed by atoms with Gasteiger partial charge in [-0.25, -0.2) is 0 Å². The van der Waals surface area contributed by atoms with E-state index in [0.717, 1.165) is 18.8 Å². The van der Waals surface area contributed by atoms with E-state index < -0.39 is 0 Å². The number of hydrogen-bond donors (Lipinski definition) is 1. The Morgan fingerprint density at radius 2 is 2.31 bits per heavy atom. The lowest BCUT2D eigenvalue weighted by Gasteiger charge is -2.06. The maximum atomic E-state index is 11.1. The molecule has 74 valence electrons. The number of carbonyl (C=O) groups excluding carboxylic acids is 1. The first-order chi connectivity index (χ1) is 6.20. The summed E-state index contributed by atoms with van der Waals surface area (Å²) in [6.07, 6.45) is 8.89. The van der Waals surface area contributed by atoms with Crippen molar-refractivity contribution < 1.29 is 4.79 Å². The van der Waals surface area contributed by atoms with Crippen molar-refractivity contribution >= 4 is 5.91 Å². The van der Waals surface area contributed by atoms with Crippen LogP contribution in [-0.2, 0) is 4.79 Å². The Morgan fingerprint density at radius 1 is 1.62 bits per heavy atom. The molecule has 0 bridgehead atoms. The summed E-state index contributed by atoms with van der Waals surface area (Å²) in [6.45, 7) is 4.73. The zero-order chi connectivity index (χ0) is 10.1. The molecular formula is C11H19NO. The molecule has 0 rings (SSSR count). The molecule has 0 aliphatic heterocycles. The van der Waals surface area contributed by atoms with E-state index in [-0.39, 0.29) is 5.91 Å². The first kappa shape index (κ1) is 12.0.